The normalized spacial score (nSPS) is 10.4. The van der Waals surface area contributed by atoms with Crippen LogP contribution in [0.3, 0.4) is 0 Å². The zero-order valence-electron chi connectivity index (χ0n) is 10.8. The Balaban J connectivity index is 2.76. The maximum absolute atomic E-state index is 10.9. The van der Waals surface area contributed by atoms with Gasteiger partial charge in [0, 0.05) is 11.8 Å². The van der Waals surface area contributed by atoms with Crippen LogP contribution in [-0.4, -0.2) is 35.7 Å². The van der Waals surface area contributed by atoms with Crippen molar-refractivity contribution in [1.29, 1.82) is 0 Å². The molecular formula is C13H15NO5. The number of esters is 1. The van der Waals surface area contributed by atoms with Crippen LogP contribution in [0.1, 0.15) is 17.8 Å². The summed E-state index contributed by atoms with van der Waals surface area (Å²) < 4.78 is 9.88. The van der Waals surface area contributed by atoms with E-state index in [0.717, 1.165) is 11.8 Å². The van der Waals surface area contributed by atoms with Crippen molar-refractivity contribution in [1.82, 2.24) is 4.98 Å². The second-order valence-electron chi connectivity index (χ2n) is 3.68. The minimum absolute atomic E-state index is 0.118. The maximum Gasteiger partial charge on any atom is 0.328 e. The SMILES string of the molecule is COC(=O)CCOc1ccc(C)nc1C=CC(=O)O. The lowest BCUT2D eigenvalue weighted by Gasteiger charge is -2.08. The monoisotopic (exact) mass is 265 g/mol. The fourth-order valence-corrected chi connectivity index (χ4v) is 1.30. The summed E-state index contributed by atoms with van der Waals surface area (Å²) >= 11 is 0. The van der Waals surface area contributed by atoms with Gasteiger partial charge in [-0.2, -0.15) is 0 Å². The van der Waals surface area contributed by atoms with E-state index in [1.165, 1.54) is 13.2 Å². The van der Waals surface area contributed by atoms with Crippen molar-refractivity contribution >= 4 is 18.0 Å². The van der Waals surface area contributed by atoms with Gasteiger partial charge in [0.05, 0.1) is 20.1 Å². The largest absolute Gasteiger partial charge is 0.491 e. The van der Waals surface area contributed by atoms with Crippen LogP contribution in [0.4, 0.5) is 0 Å². The van der Waals surface area contributed by atoms with Gasteiger partial charge in [-0.05, 0) is 25.1 Å². The van der Waals surface area contributed by atoms with E-state index in [2.05, 4.69) is 9.72 Å². The fourth-order valence-electron chi connectivity index (χ4n) is 1.30. The number of hydrogen-bond donors (Lipinski definition) is 1. The third kappa shape index (κ3) is 5.20. The van der Waals surface area contributed by atoms with Crippen LogP contribution < -0.4 is 4.74 Å². The maximum atomic E-state index is 10.9. The minimum atomic E-state index is -1.07. The molecule has 6 nitrogen and oxygen atoms in total. The zero-order chi connectivity index (χ0) is 14.3. The molecule has 0 aliphatic carbocycles. The Morgan fingerprint density at radius 2 is 2.16 bits per heavy atom. The van der Waals surface area contributed by atoms with E-state index in [9.17, 15) is 9.59 Å². The molecule has 0 aliphatic heterocycles. The van der Waals surface area contributed by atoms with E-state index in [-0.39, 0.29) is 19.0 Å². The number of carboxylic acid groups (broad SMARTS) is 1. The summed E-state index contributed by atoms with van der Waals surface area (Å²) in [5.74, 6) is -1.02. The van der Waals surface area contributed by atoms with Gasteiger partial charge in [-0.3, -0.25) is 4.79 Å². The smallest absolute Gasteiger partial charge is 0.328 e. The van der Waals surface area contributed by atoms with Crippen LogP contribution in [0.2, 0.25) is 0 Å². The zero-order valence-corrected chi connectivity index (χ0v) is 10.8. The molecule has 6 heteroatoms. The molecule has 1 aromatic rings. The number of nitrogens with zero attached hydrogens (tertiary/aromatic N) is 1. The summed E-state index contributed by atoms with van der Waals surface area (Å²) in [5.41, 5.74) is 1.15. The molecule has 102 valence electrons. The number of pyridine rings is 1. The van der Waals surface area contributed by atoms with Crippen LogP contribution in [0, 0.1) is 6.92 Å². The van der Waals surface area contributed by atoms with Gasteiger partial charge in [0.25, 0.3) is 0 Å². The van der Waals surface area contributed by atoms with Gasteiger partial charge >= 0.3 is 11.9 Å². The summed E-state index contributed by atoms with van der Waals surface area (Å²) in [6.45, 7) is 1.93. The molecule has 0 fully saturated rings. The summed E-state index contributed by atoms with van der Waals surface area (Å²) in [5, 5.41) is 8.60. The van der Waals surface area contributed by atoms with Gasteiger partial charge in [0.1, 0.15) is 11.4 Å². The number of carbonyl (C=O) groups excluding carboxylic acids is 1. The van der Waals surface area contributed by atoms with Gasteiger partial charge in [-0.15, -0.1) is 0 Å². The van der Waals surface area contributed by atoms with Crippen molar-refractivity contribution in [2.45, 2.75) is 13.3 Å². The van der Waals surface area contributed by atoms with E-state index in [0.29, 0.717) is 11.4 Å². The number of hydrogen-bond acceptors (Lipinski definition) is 5. The average Bonchev–Trinajstić information content (AvgIpc) is 2.38. The molecule has 19 heavy (non-hydrogen) atoms. The van der Waals surface area contributed by atoms with E-state index in [1.807, 2.05) is 0 Å². The molecule has 1 heterocycles. The number of carboxylic acids is 1. The summed E-state index contributed by atoms with van der Waals surface area (Å²) in [6, 6.07) is 3.42. The Morgan fingerprint density at radius 1 is 1.42 bits per heavy atom. The molecule has 0 atom stereocenters. The van der Waals surface area contributed by atoms with Gasteiger partial charge in [0.15, 0.2) is 0 Å². The van der Waals surface area contributed by atoms with Crippen LogP contribution in [-0.2, 0) is 14.3 Å². The highest BCUT2D eigenvalue weighted by Gasteiger charge is 2.06. The molecule has 0 saturated carbocycles. The van der Waals surface area contributed by atoms with Crippen molar-refractivity contribution in [2.75, 3.05) is 13.7 Å². The van der Waals surface area contributed by atoms with Crippen molar-refractivity contribution in [2.24, 2.45) is 0 Å². The first-order valence-electron chi connectivity index (χ1n) is 5.61. The summed E-state index contributed by atoms with van der Waals surface area (Å²) in [7, 11) is 1.30. The standard InChI is InChI=1S/C13H15NO5/c1-9-3-5-11(19-8-7-13(17)18-2)10(14-9)4-6-12(15)16/h3-6H,7-8H2,1-2H3,(H,15,16). The van der Waals surface area contributed by atoms with Crippen LogP contribution >= 0.6 is 0 Å². The Kier molecular flexibility index (Phi) is 5.53. The average molecular weight is 265 g/mol. The summed E-state index contributed by atoms with van der Waals surface area (Å²) in [4.78, 5) is 25.6. The first-order valence-corrected chi connectivity index (χ1v) is 5.61. The number of rotatable bonds is 6. The second-order valence-corrected chi connectivity index (χ2v) is 3.68. The predicted molar refractivity (Wildman–Crippen MR) is 67.8 cm³/mol. The number of ether oxygens (including phenoxy) is 2. The molecule has 0 unspecified atom stereocenters. The Labute approximate surface area is 110 Å². The molecule has 0 radical (unpaired) electrons. The Morgan fingerprint density at radius 3 is 2.79 bits per heavy atom. The van der Waals surface area contributed by atoms with Crippen molar-refractivity contribution in [3.05, 3.63) is 29.6 Å². The summed E-state index contributed by atoms with van der Waals surface area (Å²) in [6.07, 6.45) is 2.45. The Hall–Kier alpha value is -2.37. The number of aliphatic carboxylic acids is 1. The van der Waals surface area contributed by atoms with E-state index >= 15 is 0 Å². The number of aryl methyl sites for hydroxylation is 1. The number of carbonyl (C=O) groups is 2. The van der Waals surface area contributed by atoms with E-state index < -0.39 is 5.97 Å². The molecule has 1 N–H and O–H groups in total. The molecule has 1 rings (SSSR count). The third-order valence-corrected chi connectivity index (χ3v) is 2.20. The van der Waals surface area contributed by atoms with Crippen LogP contribution in [0.25, 0.3) is 6.08 Å². The second kappa shape index (κ2) is 7.15. The topological polar surface area (TPSA) is 85.7 Å². The fraction of sp³-hybridized carbons (Fsp3) is 0.308. The molecule has 1 aromatic heterocycles. The molecule has 0 aromatic carbocycles. The molecular weight excluding hydrogens is 250 g/mol. The first kappa shape index (κ1) is 14.7. The Bertz CT molecular complexity index is 496. The molecule has 0 spiro atoms. The highest BCUT2D eigenvalue weighted by atomic mass is 16.5. The van der Waals surface area contributed by atoms with Gasteiger partial charge < -0.3 is 14.6 Å². The number of methoxy groups -OCH3 is 1. The highest BCUT2D eigenvalue weighted by molar-refractivity contribution is 5.85. The lowest BCUT2D eigenvalue weighted by molar-refractivity contribution is -0.141. The predicted octanol–water partition coefficient (Wildman–Crippen LogP) is 1.43. The van der Waals surface area contributed by atoms with Crippen molar-refractivity contribution in [3.8, 4) is 5.75 Å². The van der Waals surface area contributed by atoms with E-state index in [4.69, 9.17) is 9.84 Å². The third-order valence-electron chi connectivity index (χ3n) is 2.20. The van der Waals surface area contributed by atoms with Crippen molar-refractivity contribution in [3.63, 3.8) is 0 Å². The van der Waals surface area contributed by atoms with Crippen LogP contribution in [0.5, 0.6) is 5.75 Å². The minimum Gasteiger partial charge on any atom is -0.491 e. The van der Waals surface area contributed by atoms with Gasteiger partial charge in [-0.25, -0.2) is 9.78 Å². The molecule has 0 saturated heterocycles. The number of aromatic nitrogens is 1. The highest BCUT2D eigenvalue weighted by Crippen LogP contribution is 2.18. The van der Waals surface area contributed by atoms with Gasteiger partial charge in [0.2, 0.25) is 0 Å². The molecule has 0 aliphatic rings. The van der Waals surface area contributed by atoms with E-state index in [1.54, 1.807) is 19.1 Å². The quantitative estimate of drug-likeness (QED) is 0.618. The van der Waals surface area contributed by atoms with Crippen molar-refractivity contribution < 1.29 is 24.2 Å². The van der Waals surface area contributed by atoms with Gasteiger partial charge in [-0.1, -0.05) is 0 Å². The molecule has 0 bridgehead atoms. The molecule has 0 amide bonds. The lowest BCUT2D eigenvalue weighted by atomic mass is 10.2. The van der Waals surface area contributed by atoms with Crippen LogP contribution in [0.15, 0.2) is 18.2 Å². The first-order chi connectivity index (χ1) is 9.02. The lowest BCUT2D eigenvalue weighted by Crippen LogP contribution is -2.08.